The maximum absolute atomic E-state index is 10.6. The van der Waals surface area contributed by atoms with Crippen molar-refractivity contribution in [3.63, 3.8) is 0 Å². The van der Waals surface area contributed by atoms with Crippen molar-refractivity contribution in [2.24, 2.45) is 0 Å². The highest BCUT2D eigenvalue weighted by molar-refractivity contribution is 9.10. The van der Waals surface area contributed by atoms with E-state index in [1.165, 1.54) is 13.2 Å². The second-order valence-corrected chi connectivity index (χ2v) is 3.93. The Bertz CT molecular complexity index is 389. The second kappa shape index (κ2) is 4.63. The van der Waals surface area contributed by atoms with E-state index >= 15 is 0 Å². The molecule has 0 heterocycles. The van der Waals surface area contributed by atoms with Crippen molar-refractivity contribution in [3.8, 4) is 5.75 Å². The minimum atomic E-state index is -1.53. The first kappa shape index (κ1) is 12.0. The molecule has 1 unspecified atom stereocenters. The van der Waals surface area contributed by atoms with Crippen LogP contribution in [-0.2, 0) is 4.79 Å². The number of carboxylic acids is 1. The Hall–Kier alpha value is -1.07. The molecule has 0 radical (unpaired) electrons. The number of hydrogen-bond acceptors (Lipinski definition) is 3. The fourth-order valence-electron chi connectivity index (χ4n) is 1.19. The van der Waals surface area contributed by atoms with Gasteiger partial charge in [0.25, 0.3) is 0 Å². The number of benzene rings is 1. The Morgan fingerprint density at radius 3 is 2.60 bits per heavy atom. The van der Waals surface area contributed by atoms with Crippen molar-refractivity contribution in [2.45, 2.75) is 13.0 Å². The Labute approximate surface area is 95.6 Å². The molecular formula is C10H11BrO4. The predicted molar refractivity (Wildman–Crippen MR) is 58.0 cm³/mol. The lowest BCUT2D eigenvalue weighted by molar-refractivity contribution is -0.146. The van der Waals surface area contributed by atoms with Gasteiger partial charge < -0.3 is 14.9 Å². The minimum absolute atomic E-state index is 0.289. The largest absolute Gasteiger partial charge is 0.496 e. The van der Waals surface area contributed by atoms with Gasteiger partial charge in [-0.05, 0) is 24.6 Å². The van der Waals surface area contributed by atoms with Gasteiger partial charge in [0.15, 0.2) is 6.10 Å². The van der Waals surface area contributed by atoms with E-state index in [2.05, 4.69) is 15.9 Å². The third-order valence-corrected chi connectivity index (χ3v) is 2.91. The van der Waals surface area contributed by atoms with E-state index in [1.54, 1.807) is 6.07 Å². The molecule has 5 heteroatoms. The molecule has 0 fully saturated rings. The third kappa shape index (κ3) is 2.49. The van der Waals surface area contributed by atoms with Crippen LogP contribution in [0.5, 0.6) is 5.75 Å². The zero-order valence-electron chi connectivity index (χ0n) is 8.32. The Morgan fingerprint density at radius 2 is 2.13 bits per heavy atom. The summed E-state index contributed by atoms with van der Waals surface area (Å²) in [5.41, 5.74) is 1.15. The standard InChI is InChI=1S/C10H11BrO4/c1-5-7(11)3-6(4-8(5)15-2)9(12)10(13)14/h3-4,9,12H,1-2H3,(H,13,14). The lowest BCUT2D eigenvalue weighted by Gasteiger charge is -2.11. The number of methoxy groups -OCH3 is 1. The van der Waals surface area contributed by atoms with Crippen LogP contribution in [0.3, 0.4) is 0 Å². The zero-order chi connectivity index (χ0) is 11.6. The summed E-state index contributed by atoms with van der Waals surface area (Å²) < 4.78 is 5.77. The van der Waals surface area contributed by atoms with Gasteiger partial charge >= 0.3 is 5.97 Å². The maximum Gasteiger partial charge on any atom is 0.337 e. The third-order valence-electron chi connectivity index (χ3n) is 2.09. The van der Waals surface area contributed by atoms with E-state index in [4.69, 9.17) is 9.84 Å². The smallest absolute Gasteiger partial charge is 0.337 e. The fraction of sp³-hybridized carbons (Fsp3) is 0.300. The van der Waals surface area contributed by atoms with Crippen LogP contribution in [0.2, 0.25) is 0 Å². The second-order valence-electron chi connectivity index (χ2n) is 3.07. The molecule has 1 aromatic rings. The van der Waals surface area contributed by atoms with E-state index in [-0.39, 0.29) is 5.56 Å². The monoisotopic (exact) mass is 274 g/mol. The average Bonchev–Trinajstić information content (AvgIpc) is 2.20. The van der Waals surface area contributed by atoms with Gasteiger partial charge in [-0.2, -0.15) is 0 Å². The first-order valence-electron chi connectivity index (χ1n) is 4.22. The molecule has 2 N–H and O–H groups in total. The van der Waals surface area contributed by atoms with E-state index < -0.39 is 12.1 Å². The van der Waals surface area contributed by atoms with Crippen molar-refractivity contribution >= 4 is 21.9 Å². The number of aliphatic hydroxyl groups is 1. The van der Waals surface area contributed by atoms with Crippen LogP contribution < -0.4 is 4.74 Å². The van der Waals surface area contributed by atoms with Gasteiger partial charge in [-0.15, -0.1) is 0 Å². The molecule has 0 aliphatic carbocycles. The van der Waals surface area contributed by atoms with Crippen LogP contribution in [-0.4, -0.2) is 23.3 Å². The highest BCUT2D eigenvalue weighted by atomic mass is 79.9. The van der Waals surface area contributed by atoms with Crippen molar-refractivity contribution in [1.82, 2.24) is 0 Å². The van der Waals surface area contributed by atoms with E-state index in [9.17, 15) is 9.90 Å². The number of rotatable bonds is 3. The van der Waals surface area contributed by atoms with Crippen molar-refractivity contribution in [2.75, 3.05) is 7.11 Å². The summed E-state index contributed by atoms with van der Waals surface area (Å²) in [6.07, 6.45) is -1.53. The van der Waals surface area contributed by atoms with Gasteiger partial charge in [0.2, 0.25) is 0 Å². The summed E-state index contributed by atoms with van der Waals surface area (Å²) in [5.74, 6) is -0.743. The number of carboxylic acid groups (broad SMARTS) is 1. The molecule has 0 saturated carbocycles. The molecule has 15 heavy (non-hydrogen) atoms. The normalized spacial score (nSPS) is 12.3. The molecular weight excluding hydrogens is 264 g/mol. The number of aliphatic hydroxyl groups excluding tert-OH is 1. The molecule has 0 spiro atoms. The van der Waals surface area contributed by atoms with Gasteiger partial charge in [0, 0.05) is 10.0 Å². The van der Waals surface area contributed by atoms with Gasteiger partial charge in [0.1, 0.15) is 5.75 Å². The molecule has 4 nitrogen and oxygen atoms in total. The molecule has 82 valence electrons. The lowest BCUT2D eigenvalue weighted by atomic mass is 10.1. The van der Waals surface area contributed by atoms with Crippen LogP contribution >= 0.6 is 15.9 Å². The molecule has 0 bridgehead atoms. The van der Waals surface area contributed by atoms with Crippen LogP contribution in [0.1, 0.15) is 17.2 Å². The highest BCUT2D eigenvalue weighted by Crippen LogP contribution is 2.30. The van der Waals surface area contributed by atoms with Crippen molar-refractivity contribution < 1.29 is 19.7 Å². The van der Waals surface area contributed by atoms with E-state index in [1.807, 2.05) is 6.92 Å². The van der Waals surface area contributed by atoms with Gasteiger partial charge in [-0.1, -0.05) is 15.9 Å². The Kier molecular flexibility index (Phi) is 3.71. The summed E-state index contributed by atoms with van der Waals surface area (Å²) in [5, 5.41) is 18.0. The number of aliphatic carboxylic acids is 1. The molecule has 0 saturated heterocycles. The topological polar surface area (TPSA) is 66.8 Å². The van der Waals surface area contributed by atoms with Gasteiger partial charge in [-0.3, -0.25) is 0 Å². The molecule has 1 aromatic carbocycles. The molecule has 1 rings (SSSR count). The predicted octanol–water partition coefficient (Wildman–Crippen LogP) is 1.88. The molecule has 0 amide bonds. The Balaban J connectivity index is 3.22. The molecule has 0 aromatic heterocycles. The molecule has 1 atom stereocenters. The molecule has 0 aliphatic rings. The summed E-state index contributed by atoms with van der Waals surface area (Å²) in [4.78, 5) is 10.6. The van der Waals surface area contributed by atoms with Crippen LogP contribution in [0.15, 0.2) is 16.6 Å². The van der Waals surface area contributed by atoms with Crippen molar-refractivity contribution in [1.29, 1.82) is 0 Å². The summed E-state index contributed by atoms with van der Waals surface area (Å²) in [6, 6.07) is 3.08. The van der Waals surface area contributed by atoms with Gasteiger partial charge in [0.05, 0.1) is 7.11 Å². The zero-order valence-corrected chi connectivity index (χ0v) is 9.91. The van der Waals surface area contributed by atoms with Crippen LogP contribution in [0.4, 0.5) is 0 Å². The number of halogens is 1. The first-order chi connectivity index (χ1) is 6.97. The van der Waals surface area contributed by atoms with Crippen molar-refractivity contribution in [3.05, 3.63) is 27.7 Å². The SMILES string of the molecule is COc1cc(C(O)C(=O)O)cc(Br)c1C. The van der Waals surface area contributed by atoms with Gasteiger partial charge in [-0.25, -0.2) is 4.79 Å². The van der Waals surface area contributed by atoms with E-state index in [0.717, 1.165) is 5.56 Å². The summed E-state index contributed by atoms with van der Waals surface area (Å²) >= 11 is 3.27. The average molecular weight is 275 g/mol. The highest BCUT2D eigenvalue weighted by Gasteiger charge is 2.18. The number of ether oxygens (including phenoxy) is 1. The maximum atomic E-state index is 10.6. The van der Waals surface area contributed by atoms with Crippen LogP contribution in [0, 0.1) is 6.92 Å². The lowest BCUT2D eigenvalue weighted by Crippen LogP contribution is -2.10. The summed E-state index contributed by atoms with van der Waals surface area (Å²) in [7, 11) is 1.49. The Morgan fingerprint density at radius 1 is 1.53 bits per heavy atom. The minimum Gasteiger partial charge on any atom is -0.496 e. The number of hydrogen-bond donors (Lipinski definition) is 2. The first-order valence-corrected chi connectivity index (χ1v) is 5.01. The number of carbonyl (C=O) groups is 1. The van der Waals surface area contributed by atoms with Crippen LogP contribution in [0.25, 0.3) is 0 Å². The quantitative estimate of drug-likeness (QED) is 0.883. The fourth-order valence-corrected chi connectivity index (χ4v) is 1.65. The van der Waals surface area contributed by atoms with E-state index in [0.29, 0.717) is 10.2 Å². The summed E-state index contributed by atoms with van der Waals surface area (Å²) in [6.45, 7) is 1.83. The molecule has 0 aliphatic heterocycles.